The van der Waals surface area contributed by atoms with Crippen LogP contribution in [0.5, 0.6) is 0 Å². The zero-order valence-electron chi connectivity index (χ0n) is 15.2. The minimum absolute atomic E-state index is 0.00899. The van der Waals surface area contributed by atoms with Crippen molar-refractivity contribution in [2.24, 2.45) is 5.92 Å². The molecule has 3 rings (SSSR count). The molecule has 3 N–H and O–H groups in total. The molecule has 1 aliphatic rings. The standard InChI is InChI=1S/C17H20N6O3S/c1-9-6-12(27(3)26)15(19-8-9)20-11-7-13(21-16(24)10-4-5-10)22-23-14(11)17(25)18-2/h6-8,10H,4-5H2,1-3H3,(H,18,25)(H2,19,20,21,22,24). The number of carbonyl (C=O) groups excluding carboxylic acids is 2. The lowest BCUT2D eigenvalue weighted by Gasteiger charge is -2.13. The van der Waals surface area contributed by atoms with Crippen LogP contribution in [0.1, 0.15) is 28.9 Å². The van der Waals surface area contributed by atoms with Crippen LogP contribution in [0.3, 0.4) is 0 Å². The van der Waals surface area contributed by atoms with Crippen LogP contribution in [0.2, 0.25) is 0 Å². The molecule has 27 heavy (non-hydrogen) atoms. The van der Waals surface area contributed by atoms with Crippen molar-refractivity contribution in [1.29, 1.82) is 0 Å². The van der Waals surface area contributed by atoms with Crippen LogP contribution < -0.4 is 16.0 Å². The summed E-state index contributed by atoms with van der Waals surface area (Å²) in [6, 6.07) is 3.27. The smallest absolute Gasteiger partial charge is 0.273 e. The van der Waals surface area contributed by atoms with Gasteiger partial charge in [0.15, 0.2) is 11.5 Å². The van der Waals surface area contributed by atoms with Crippen LogP contribution in [0, 0.1) is 12.8 Å². The number of nitrogens with one attached hydrogen (secondary N) is 3. The van der Waals surface area contributed by atoms with Crippen molar-refractivity contribution in [2.75, 3.05) is 23.9 Å². The molecule has 0 spiro atoms. The second-order valence-electron chi connectivity index (χ2n) is 6.27. The van der Waals surface area contributed by atoms with E-state index in [9.17, 15) is 13.8 Å². The number of pyridine rings is 1. The van der Waals surface area contributed by atoms with Crippen LogP contribution in [0.4, 0.5) is 17.3 Å². The molecule has 142 valence electrons. The first kappa shape index (κ1) is 18.9. The fraction of sp³-hybridized carbons (Fsp3) is 0.353. The highest BCUT2D eigenvalue weighted by molar-refractivity contribution is 7.84. The quantitative estimate of drug-likeness (QED) is 0.682. The fourth-order valence-corrected chi connectivity index (χ4v) is 3.12. The van der Waals surface area contributed by atoms with Gasteiger partial charge in [0.25, 0.3) is 5.91 Å². The third-order valence-corrected chi connectivity index (χ3v) is 4.92. The molecule has 1 unspecified atom stereocenters. The number of amides is 2. The van der Waals surface area contributed by atoms with Gasteiger partial charge in [-0.1, -0.05) is 0 Å². The third-order valence-electron chi connectivity index (χ3n) is 3.99. The van der Waals surface area contributed by atoms with Gasteiger partial charge in [0.05, 0.1) is 21.4 Å². The Bertz CT molecular complexity index is 929. The molecule has 0 aromatic carbocycles. The largest absolute Gasteiger partial charge is 0.354 e. The summed E-state index contributed by atoms with van der Waals surface area (Å²) in [5, 5.41) is 16.0. The van der Waals surface area contributed by atoms with Gasteiger partial charge in [-0.25, -0.2) is 4.98 Å². The number of hydrogen-bond donors (Lipinski definition) is 3. The van der Waals surface area contributed by atoms with Gasteiger partial charge in [-0.05, 0) is 31.4 Å². The van der Waals surface area contributed by atoms with E-state index < -0.39 is 16.7 Å². The Labute approximate surface area is 158 Å². The third kappa shape index (κ3) is 4.45. The molecule has 2 heterocycles. The van der Waals surface area contributed by atoms with Crippen molar-refractivity contribution in [3.63, 3.8) is 0 Å². The maximum Gasteiger partial charge on any atom is 0.273 e. The zero-order valence-corrected chi connectivity index (χ0v) is 16.0. The van der Waals surface area contributed by atoms with Gasteiger partial charge < -0.3 is 16.0 Å². The van der Waals surface area contributed by atoms with Crippen molar-refractivity contribution in [3.05, 3.63) is 29.6 Å². The summed E-state index contributed by atoms with van der Waals surface area (Å²) < 4.78 is 12.0. The topological polar surface area (TPSA) is 126 Å². The van der Waals surface area contributed by atoms with E-state index in [0.717, 1.165) is 18.4 Å². The molecule has 0 bridgehead atoms. The lowest BCUT2D eigenvalue weighted by atomic mass is 10.2. The molecular formula is C17H20N6O3S. The molecule has 2 aromatic rings. The molecule has 1 saturated carbocycles. The van der Waals surface area contributed by atoms with E-state index in [1.54, 1.807) is 18.5 Å². The van der Waals surface area contributed by atoms with Crippen molar-refractivity contribution in [1.82, 2.24) is 20.5 Å². The van der Waals surface area contributed by atoms with Crippen LogP contribution in [-0.2, 0) is 15.6 Å². The molecule has 10 heteroatoms. The van der Waals surface area contributed by atoms with Gasteiger partial charge in [0, 0.05) is 31.5 Å². The monoisotopic (exact) mass is 388 g/mol. The summed E-state index contributed by atoms with van der Waals surface area (Å²) in [6.45, 7) is 1.85. The Hall–Kier alpha value is -2.88. The lowest BCUT2D eigenvalue weighted by molar-refractivity contribution is -0.117. The minimum Gasteiger partial charge on any atom is -0.354 e. The van der Waals surface area contributed by atoms with E-state index in [-0.39, 0.29) is 23.3 Å². The SMILES string of the molecule is CNC(=O)c1nnc(NC(=O)C2CC2)cc1Nc1ncc(C)cc1S(C)=O. The summed E-state index contributed by atoms with van der Waals surface area (Å²) in [4.78, 5) is 28.9. The Balaban J connectivity index is 1.97. The summed E-state index contributed by atoms with van der Waals surface area (Å²) in [5.41, 5.74) is 1.21. The summed E-state index contributed by atoms with van der Waals surface area (Å²) >= 11 is 0. The van der Waals surface area contributed by atoms with E-state index >= 15 is 0 Å². The number of aromatic nitrogens is 3. The average molecular weight is 388 g/mol. The normalized spacial score (nSPS) is 14.3. The van der Waals surface area contributed by atoms with Crippen LogP contribution in [0.15, 0.2) is 23.2 Å². The lowest BCUT2D eigenvalue weighted by Crippen LogP contribution is -2.22. The van der Waals surface area contributed by atoms with Crippen LogP contribution in [-0.4, -0.2) is 44.5 Å². The molecular weight excluding hydrogens is 368 g/mol. The second-order valence-corrected chi connectivity index (χ2v) is 7.62. The van der Waals surface area contributed by atoms with E-state index in [1.807, 2.05) is 6.92 Å². The van der Waals surface area contributed by atoms with E-state index in [1.165, 1.54) is 13.1 Å². The number of rotatable bonds is 6. The molecule has 0 aliphatic heterocycles. The maximum atomic E-state index is 12.1. The Morgan fingerprint density at radius 3 is 2.59 bits per heavy atom. The van der Waals surface area contributed by atoms with Crippen molar-refractivity contribution in [3.8, 4) is 0 Å². The Morgan fingerprint density at radius 1 is 1.22 bits per heavy atom. The van der Waals surface area contributed by atoms with Gasteiger partial charge in [0.1, 0.15) is 5.82 Å². The number of hydrogen-bond acceptors (Lipinski definition) is 7. The van der Waals surface area contributed by atoms with Crippen molar-refractivity contribution >= 4 is 39.9 Å². The maximum absolute atomic E-state index is 12.1. The highest BCUT2D eigenvalue weighted by atomic mass is 32.2. The summed E-state index contributed by atoms with van der Waals surface area (Å²) in [5.74, 6) is 0.0187. The van der Waals surface area contributed by atoms with Crippen molar-refractivity contribution in [2.45, 2.75) is 24.7 Å². The van der Waals surface area contributed by atoms with E-state index in [0.29, 0.717) is 16.4 Å². The van der Waals surface area contributed by atoms with Gasteiger partial charge in [0.2, 0.25) is 5.91 Å². The van der Waals surface area contributed by atoms with E-state index in [2.05, 4.69) is 31.1 Å². The number of nitrogens with zero attached hydrogens (tertiary/aromatic N) is 3. The first-order valence-electron chi connectivity index (χ1n) is 8.36. The number of carbonyl (C=O) groups is 2. The predicted molar refractivity (Wildman–Crippen MR) is 101 cm³/mol. The number of aryl methyl sites for hydroxylation is 1. The first-order valence-corrected chi connectivity index (χ1v) is 9.92. The van der Waals surface area contributed by atoms with Gasteiger partial charge >= 0.3 is 0 Å². The van der Waals surface area contributed by atoms with Crippen LogP contribution >= 0.6 is 0 Å². The molecule has 0 radical (unpaired) electrons. The average Bonchev–Trinajstić information content (AvgIpc) is 3.48. The molecule has 2 amide bonds. The first-order chi connectivity index (χ1) is 12.9. The Kier molecular flexibility index (Phi) is 5.45. The zero-order chi connectivity index (χ0) is 19.6. The van der Waals surface area contributed by atoms with Gasteiger partial charge in [-0.3, -0.25) is 13.8 Å². The molecule has 1 atom stereocenters. The highest BCUT2D eigenvalue weighted by Gasteiger charge is 2.30. The second kappa shape index (κ2) is 7.78. The van der Waals surface area contributed by atoms with Gasteiger partial charge in [-0.15, -0.1) is 10.2 Å². The van der Waals surface area contributed by atoms with Crippen molar-refractivity contribution < 1.29 is 13.8 Å². The molecule has 0 saturated heterocycles. The molecule has 2 aromatic heterocycles. The van der Waals surface area contributed by atoms with Gasteiger partial charge in [-0.2, -0.15) is 0 Å². The summed E-state index contributed by atoms with van der Waals surface area (Å²) in [7, 11) is 0.192. The predicted octanol–water partition coefficient (Wildman–Crippen LogP) is 1.37. The fourth-order valence-electron chi connectivity index (χ4n) is 2.39. The molecule has 1 fully saturated rings. The minimum atomic E-state index is -1.29. The Morgan fingerprint density at radius 2 is 1.96 bits per heavy atom. The summed E-state index contributed by atoms with van der Waals surface area (Å²) in [6.07, 6.45) is 4.90. The molecule has 9 nitrogen and oxygen atoms in total. The highest BCUT2D eigenvalue weighted by Crippen LogP contribution is 2.30. The molecule has 1 aliphatic carbocycles. The number of anilines is 3. The van der Waals surface area contributed by atoms with E-state index in [4.69, 9.17) is 0 Å². The van der Waals surface area contributed by atoms with Crippen LogP contribution in [0.25, 0.3) is 0 Å².